The molecule has 5 heteroatoms. The molecule has 2 rings (SSSR count). The molecule has 0 atom stereocenters. The fourth-order valence-electron chi connectivity index (χ4n) is 2.01. The van der Waals surface area contributed by atoms with Crippen LogP contribution in [0.4, 0.5) is 17.5 Å². The van der Waals surface area contributed by atoms with Gasteiger partial charge in [-0.3, -0.25) is 0 Å². The summed E-state index contributed by atoms with van der Waals surface area (Å²) < 4.78 is 5.16. The first-order chi connectivity index (χ1) is 10.6. The van der Waals surface area contributed by atoms with E-state index in [1.54, 1.807) is 7.11 Å². The number of nitrogens with zero attached hydrogens (tertiary/aromatic N) is 2. The fraction of sp³-hybridized carbons (Fsp3) is 0.412. The SMILES string of the molecule is COc1ccc(Nc2cc(C)nc(NCCC(C)C)n2)cc1. The fourth-order valence-corrected chi connectivity index (χ4v) is 2.01. The van der Waals surface area contributed by atoms with Gasteiger partial charge in [0.2, 0.25) is 5.95 Å². The monoisotopic (exact) mass is 300 g/mol. The number of nitrogens with one attached hydrogen (secondary N) is 2. The van der Waals surface area contributed by atoms with Gasteiger partial charge in [-0.25, -0.2) is 4.98 Å². The molecule has 22 heavy (non-hydrogen) atoms. The first-order valence-corrected chi connectivity index (χ1v) is 7.57. The Morgan fingerprint density at radius 2 is 1.86 bits per heavy atom. The lowest BCUT2D eigenvalue weighted by Crippen LogP contribution is -2.09. The van der Waals surface area contributed by atoms with Crippen LogP contribution in [-0.4, -0.2) is 23.6 Å². The van der Waals surface area contributed by atoms with Crippen molar-refractivity contribution < 1.29 is 4.74 Å². The number of hydrogen-bond donors (Lipinski definition) is 2. The smallest absolute Gasteiger partial charge is 0.224 e. The lowest BCUT2D eigenvalue weighted by Gasteiger charge is -2.11. The van der Waals surface area contributed by atoms with Crippen LogP contribution in [0.25, 0.3) is 0 Å². The van der Waals surface area contributed by atoms with Gasteiger partial charge < -0.3 is 15.4 Å². The van der Waals surface area contributed by atoms with Crippen LogP contribution in [0.15, 0.2) is 30.3 Å². The Balaban J connectivity index is 2.04. The molecule has 0 aliphatic rings. The molecule has 1 heterocycles. The third-order valence-electron chi connectivity index (χ3n) is 3.22. The molecule has 0 saturated heterocycles. The summed E-state index contributed by atoms with van der Waals surface area (Å²) in [7, 11) is 1.66. The van der Waals surface area contributed by atoms with Crippen LogP contribution in [0, 0.1) is 12.8 Å². The average molecular weight is 300 g/mol. The Bertz CT molecular complexity index is 596. The van der Waals surface area contributed by atoms with Crippen LogP contribution < -0.4 is 15.4 Å². The third-order valence-corrected chi connectivity index (χ3v) is 3.22. The Labute approximate surface area is 132 Å². The maximum Gasteiger partial charge on any atom is 0.224 e. The zero-order chi connectivity index (χ0) is 15.9. The number of aryl methyl sites for hydroxylation is 1. The predicted octanol–water partition coefficient (Wildman–Crippen LogP) is 4.00. The molecule has 0 aliphatic carbocycles. The molecule has 2 aromatic rings. The van der Waals surface area contributed by atoms with Gasteiger partial charge in [-0.2, -0.15) is 4.98 Å². The summed E-state index contributed by atoms with van der Waals surface area (Å²) in [5, 5.41) is 6.57. The highest BCUT2D eigenvalue weighted by Crippen LogP contribution is 2.20. The van der Waals surface area contributed by atoms with E-state index < -0.39 is 0 Å². The van der Waals surface area contributed by atoms with Gasteiger partial charge in [-0.15, -0.1) is 0 Å². The summed E-state index contributed by atoms with van der Waals surface area (Å²) in [4.78, 5) is 8.92. The quantitative estimate of drug-likeness (QED) is 0.809. The molecule has 1 aromatic heterocycles. The van der Waals surface area contributed by atoms with Crippen LogP contribution in [0.5, 0.6) is 5.75 Å². The summed E-state index contributed by atoms with van der Waals surface area (Å²) in [6, 6.07) is 9.68. The molecule has 0 spiro atoms. The Kier molecular flexibility index (Phi) is 5.58. The number of rotatable bonds is 7. The van der Waals surface area contributed by atoms with Gasteiger partial charge in [0.15, 0.2) is 0 Å². The van der Waals surface area contributed by atoms with Gasteiger partial charge in [0, 0.05) is 24.0 Å². The lowest BCUT2D eigenvalue weighted by atomic mass is 10.1. The molecule has 0 saturated carbocycles. The molecule has 5 nitrogen and oxygen atoms in total. The van der Waals surface area contributed by atoms with Crippen LogP contribution in [0.2, 0.25) is 0 Å². The Hall–Kier alpha value is -2.30. The van der Waals surface area contributed by atoms with Crippen molar-refractivity contribution >= 4 is 17.5 Å². The van der Waals surface area contributed by atoms with Crippen LogP contribution >= 0.6 is 0 Å². The van der Waals surface area contributed by atoms with Crippen molar-refractivity contribution in [3.05, 3.63) is 36.0 Å². The number of benzene rings is 1. The third kappa shape index (κ3) is 4.91. The molecule has 0 radical (unpaired) electrons. The van der Waals surface area contributed by atoms with Crippen molar-refractivity contribution in [2.24, 2.45) is 5.92 Å². The van der Waals surface area contributed by atoms with Crippen LogP contribution in [0.3, 0.4) is 0 Å². The van der Waals surface area contributed by atoms with Crippen LogP contribution in [-0.2, 0) is 0 Å². The molecule has 0 bridgehead atoms. The highest BCUT2D eigenvalue weighted by atomic mass is 16.5. The molecule has 0 aliphatic heterocycles. The standard InChI is InChI=1S/C17H24N4O/c1-12(2)9-10-18-17-19-13(3)11-16(21-17)20-14-5-7-15(22-4)8-6-14/h5-8,11-12H,9-10H2,1-4H3,(H2,18,19,20,21). The van der Waals surface area contributed by atoms with E-state index in [1.165, 1.54) is 0 Å². The number of hydrogen-bond acceptors (Lipinski definition) is 5. The van der Waals surface area contributed by atoms with Crippen molar-refractivity contribution in [2.45, 2.75) is 27.2 Å². The average Bonchev–Trinajstić information content (AvgIpc) is 2.47. The van der Waals surface area contributed by atoms with Gasteiger partial charge in [0.25, 0.3) is 0 Å². The van der Waals surface area contributed by atoms with Crippen molar-refractivity contribution in [1.29, 1.82) is 0 Å². The summed E-state index contributed by atoms with van der Waals surface area (Å²) in [5.74, 6) is 2.94. The van der Waals surface area contributed by atoms with Crippen molar-refractivity contribution in [3.8, 4) is 5.75 Å². The number of methoxy groups -OCH3 is 1. The number of aromatic nitrogens is 2. The maximum atomic E-state index is 5.16. The molecule has 1 aromatic carbocycles. The van der Waals surface area contributed by atoms with Crippen LogP contribution in [0.1, 0.15) is 26.0 Å². The van der Waals surface area contributed by atoms with Crippen molar-refractivity contribution in [1.82, 2.24) is 9.97 Å². The van der Waals surface area contributed by atoms with Gasteiger partial charge in [-0.1, -0.05) is 13.8 Å². The highest BCUT2D eigenvalue weighted by Gasteiger charge is 2.03. The summed E-state index contributed by atoms with van der Waals surface area (Å²) in [6.07, 6.45) is 1.10. The van der Waals surface area contributed by atoms with E-state index in [4.69, 9.17) is 4.74 Å². The molecule has 118 valence electrons. The highest BCUT2D eigenvalue weighted by molar-refractivity contribution is 5.58. The zero-order valence-electron chi connectivity index (χ0n) is 13.7. The molecule has 0 fully saturated rings. The largest absolute Gasteiger partial charge is 0.497 e. The molecule has 0 unspecified atom stereocenters. The van der Waals surface area contributed by atoms with Gasteiger partial charge in [-0.05, 0) is 43.5 Å². The Morgan fingerprint density at radius 3 is 2.50 bits per heavy atom. The number of anilines is 3. The minimum atomic E-state index is 0.661. The second-order valence-electron chi connectivity index (χ2n) is 5.68. The summed E-state index contributed by atoms with van der Waals surface area (Å²) in [6.45, 7) is 7.25. The van der Waals surface area contributed by atoms with E-state index in [0.717, 1.165) is 35.9 Å². The van der Waals surface area contributed by atoms with Gasteiger partial charge >= 0.3 is 0 Å². The second kappa shape index (κ2) is 7.64. The number of ether oxygens (including phenoxy) is 1. The minimum Gasteiger partial charge on any atom is -0.497 e. The minimum absolute atomic E-state index is 0.661. The molecular formula is C17H24N4O. The van der Waals surface area contributed by atoms with E-state index in [2.05, 4.69) is 34.4 Å². The molecular weight excluding hydrogens is 276 g/mol. The topological polar surface area (TPSA) is 59.1 Å². The van der Waals surface area contributed by atoms with Gasteiger partial charge in [0.05, 0.1) is 7.11 Å². The second-order valence-corrected chi connectivity index (χ2v) is 5.68. The van der Waals surface area contributed by atoms with E-state index in [1.807, 2.05) is 37.3 Å². The molecule has 2 N–H and O–H groups in total. The maximum absolute atomic E-state index is 5.16. The van der Waals surface area contributed by atoms with E-state index >= 15 is 0 Å². The van der Waals surface area contributed by atoms with E-state index in [9.17, 15) is 0 Å². The first-order valence-electron chi connectivity index (χ1n) is 7.57. The summed E-state index contributed by atoms with van der Waals surface area (Å²) in [5.41, 5.74) is 1.89. The predicted molar refractivity (Wildman–Crippen MR) is 91.0 cm³/mol. The lowest BCUT2D eigenvalue weighted by molar-refractivity contribution is 0.415. The molecule has 0 amide bonds. The van der Waals surface area contributed by atoms with Gasteiger partial charge in [0.1, 0.15) is 11.6 Å². The van der Waals surface area contributed by atoms with E-state index in [-0.39, 0.29) is 0 Å². The van der Waals surface area contributed by atoms with E-state index in [0.29, 0.717) is 11.9 Å². The van der Waals surface area contributed by atoms with Crippen molar-refractivity contribution in [2.75, 3.05) is 24.3 Å². The van der Waals surface area contributed by atoms with Crippen molar-refractivity contribution in [3.63, 3.8) is 0 Å². The Morgan fingerprint density at radius 1 is 1.14 bits per heavy atom. The summed E-state index contributed by atoms with van der Waals surface area (Å²) >= 11 is 0. The zero-order valence-corrected chi connectivity index (χ0v) is 13.7. The normalized spacial score (nSPS) is 10.6. The first kappa shape index (κ1) is 16.1.